The summed E-state index contributed by atoms with van der Waals surface area (Å²) in [5.41, 5.74) is 0.678. The Kier molecular flexibility index (Phi) is 5.17. The quantitative estimate of drug-likeness (QED) is 0.724. The second-order valence-electron chi connectivity index (χ2n) is 5.43. The molecule has 1 heterocycles. The minimum atomic E-state index is -3.84. The van der Waals surface area contributed by atoms with Gasteiger partial charge < -0.3 is 14.8 Å². The lowest BCUT2D eigenvalue weighted by Gasteiger charge is -2.16. The van der Waals surface area contributed by atoms with Gasteiger partial charge in [0.15, 0.2) is 5.03 Å². The van der Waals surface area contributed by atoms with Crippen LogP contribution in [-0.2, 0) is 24.3 Å². The molecule has 8 nitrogen and oxygen atoms in total. The van der Waals surface area contributed by atoms with Crippen LogP contribution in [0.4, 0.5) is 5.69 Å². The van der Waals surface area contributed by atoms with E-state index in [4.69, 9.17) is 26.2 Å². The third-order valence-corrected chi connectivity index (χ3v) is 4.84. The molecule has 10 heteroatoms. The average molecular weight is 409 g/mol. The van der Waals surface area contributed by atoms with Crippen LogP contribution < -0.4 is 10.5 Å². The third-order valence-electron chi connectivity index (χ3n) is 3.55. The first-order valence-electron chi connectivity index (χ1n) is 7.52. The molecule has 27 heavy (non-hydrogen) atoms. The number of anilines is 1. The van der Waals surface area contributed by atoms with Crippen molar-refractivity contribution in [2.24, 2.45) is 5.14 Å². The SMILES string of the molecule is NS(=O)(=O)c1ccc(NC2=C(Cl)C(=O)O[C@@H]2OC(=O)c2ccccc2)cc1. The van der Waals surface area contributed by atoms with Gasteiger partial charge in [-0.15, -0.1) is 0 Å². The second kappa shape index (κ2) is 7.39. The molecule has 3 N–H and O–H groups in total. The molecule has 1 aliphatic heterocycles. The average Bonchev–Trinajstić information content (AvgIpc) is 2.89. The van der Waals surface area contributed by atoms with Crippen molar-refractivity contribution < 1.29 is 27.5 Å². The molecule has 0 fully saturated rings. The summed E-state index contributed by atoms with van der Waals surface area (Å²) in [7, 11) is -3.84. The van der Waals surface area contributed by atoms with E-state index < -0.39 is 28.3 Å². The molecule has 3 rings (SSSR count). The van der Waals surface area contributed by atoms with Gasteiger partial charge in [0, 0.05) is 5.69 Å². The highest BCUT2D eigenvalue weighted by molar-refractivity contribution is 7.89. The summed E-state index contributed by atoms with van der Waals surface area (Å²) in [6, 6.07) is 13.5. The standard InChI is InChI=1S/C17H13ClN2O6S/c18-13-14(20-11-6-8-12(9-7-11)27(19,23)24)17(26-16(13)22)25-15(21)10-4-2-1-3-5-10/h1-9,17,20H,(H2,19,23,24)/t17-/m0/s1. The first-order valence-corrected chi connectivity index (χ1v) is 9.45. The number of hydrogen-bond acceptors (Lipinski definition) is 7. The van der Waals surface area contributed by atoms with Gasteiger partial charge in [-0.1, -0.05) is 29.8 Å². The van der Waals surface area contributed by atoms with E-state index in [0.717, 1.165) is 0 Å². The van der Waals surface area contributed by atoms with Gasteiger partial charge in [0.05, 0.1) is 10.5 Å². The molecule has 0 saturated carbocycles. The zero-order valence-electron chi connectivity index (χ0n) is 13.6. The van der Waals surface area contributed by atoms with Crippen molar-refractivity contribution in [2.45, 2.75) is 11.2 Å². The van der Waals surface area contributed by atoms with Crippen LogP contribution in [0.25, 0.3) is 0 Å². The number of halogens is 1. The Balaban J connectivity index is 1.79. The summed E-state index contributed by atoms with van der Waals surface area (Å²) in [5.74, 6) is -1.56. The van der Waals surface area contributed by atoms with E-state index in [-0.39, 0.29) is 21.2 Å². The molecule has 140 valence electrons. The van der Waals surface area contributed by atoms with E-state index >= 15 is 0 Å². The number of nitrogens with one attached hydrogen (secondary N) is 1. The van der Waals surface area contributed by atoms with E-state index in [2.05, 4.69) is 5.32 Å². The normalized spacial score (nSPS) is 16.8. The topological polar surface area (TPSA) is 125 Å². The molecule has 0 unspecified atom stereocenters. The predicted molar refractivity (Wildman–Crippen MR) is 96.1 cm³/mol. The number of ether oxygens (including phenoxy) is 2. The predicted octanol–water partition coefficient (Wildman–Crippen LogP) is 1.94. The fourth-order valence-corrected chi connectivity index (χ4v) is 2.94. The molecule has 0 radical (unpaired) electrons. The zero-order chi connectivity index (χ0) is 19.6. The lowest BCUT2D eigenvalue weighted by Crippen LogP contribution is -2.24. The molecule has 2 aromatic carbocycles. The number of cyclic esters (lactones) is 1. The summed E-state index contributed by atoms with van der Waals surface area (Å²) < 4.78 is 32.8. The Morgan fingerprint density at radius 2 is 1.74 bits per heavy atom. The van der Waals surface area contributed by atoms with Crippen molar-refractivity contribution in [3.8, 4) is 0 Å². The first kappa shape index (κ1) is 18.9. The maximum Gasteiger partial charge on any atom is 0.355 e. The van der Waals surface area contributed by atoms with E-state index in [1.165, 1.54) is 24.3 Å². The van der Waals surface area contributed by atoms with Gasteiger partial charge in [0.2, 0.25) is 10.0 Å². The van der Waals surface area contributed by atoms with Crippen molar-refractivity contribution in [3.05, 3.63) is 70.9 Å². The van der Waals surface area contributed by atoms with Gasteiger partial charge in [-0.3, -0.25) is 0 Å². The van der Waals surface area contributed by atoms with Crippen molar-refractivity contribution in [2.75, 3.05) is 5.32 Å². The Morgan fingerprint density at radius 1 is 1.11 bits per heavy atom. The smallest absolute Gasteiger partial charge is 0.355 e. The summed E-state index contributed by atoms with van der Waals surface area (Å²) in [4.78, 5) is 23.8. The number of hydrogen-bond donors (Lipinski definition) is 2. The Bertz CT molecular complexity index is 1020. The summed E-state index contributed by atoms with van der Waals surface area (Å²) in [5, 5.41) is 7.56. The zero-order valence-corrected chi connectivity index (χ0v) is 15.2. The third kappa shape index (κ3) is 4.27. The van der Waals surface area contributed by atoms with Crippen molar-refractivity contribution in [1.29, 1.82) is 0 Å². The highest BCUT2D eigenvalue weighted by atomic mass is 35.5. The van der Waals surface area contributed by atoms with Gasteiger partial charge in [0.25, 0.3) is 6.29 Å². The number of nitrogens with two attached hydrogens (primary N) is 1. The summed E-state index contributed by atoms with van der Waals surface area (Å²) >= 11 is 5.94. The highest BCUT2D eigenvalue weighted by Gasteiger charge is 2.36. The fraction of sp³-hybridized carbons (Fsp3) is 0.0588. The number of carbonyl (C=O) groups excluding carboxylic acids is 2. The van der Waals surface area contributed by atoms with Gasteiger partial charge >= 0.3 is 11.9 Å². The largest absolute Gasteiger partial charge is 0.415 e. The number of primary sulfonamides is 1. The summed E-state index contributed by atoms with van der Waals surface area (Å²) in [6.07, 6.45) is -1.37. The Hall–Kier alpha value is -2.88. The van der Waals surface area contributed by atoms with Crippen LogP contribution in [0.15, 0.2) is 70.2 Å². The highest BCUT2D eigenvalue weighted by Crippen LogP contribution is 2.29. The number of benzene rings is 2. The number of sulfonamides is 1. The summed E-state index contributed by atoms with van der Waals surface area (Å²) in [6.45, 7) is 0. The lowest BCUT2D eigenvalue weighted by molar-refractivity contribution is -0.152. The van der Waals surface area contributed by atoms with Crippen LogP contribution >= 0.6 is 11.6 Å². The number of rotatable bonds is 5. The van der Waals surface area contributed by atoms with Crippen LogP contribution in [0.1, 0.15) is 10.4 Å². The molecule has 1 atom stereocenters. The molecule has 0 aliphatic carbocycles. The molecular weight excluding hydrogens is 396 g/mol. The van der Waals surface area contributed by atoms with Crippen LogP contribution in [0.5, 0.6) is 0 Å². The van der Waals surface area contributed by atoms with Crippen LogP contribution in [0, 0.1) is 0 Å². The minimum Gasteiger partial charge on any atom is -0.415 e. The lowest BCUT2D eigenvalue weighted by atomic mass is 10.2. The van der Waals surface area contributed by atoms with Gasteiger partial charge in [0.1, 0.15) is 5.70 Å². The number of esters is 2. The van der Waals surface area contributed by atoms with Crippen LogP contribution in [0.3, 0.4) is 0 Å². The molecule has 0 amide bonds. The molecule has 2 aromatic rings. The van der Waals surface area contributed by atoms with E-state index in [0.29, 0.717) is 5.69 Å². The van der Waals surface area contributed by atoms with Crippen LogP contribution in [0.2, 0.25) is 0 Å². The Morgan fingerprint density at radius 3 is 2.33 bits per heavy atom. The van der Waals surface area contributed by atoms with Gasteiger partial charge in [-0.25, -0.2) is 23.1 Å². The van der Waals surface area contributed by atoms with Crippen molar-refractivity contribution in [1.82, 2.24) is 0 Å². The van der Waals surface area contributed by atoms with Gasteiger partial charge in [-0.2, -0.15) is 0 Å². The van der Waals surface area contributed by atoms with Crippen LogP contribution in [-0.4, -0.2) is 26.6 Å². The molecule has 0 saturated heterocycles. The second-order valence-corrected chi connectivity index (χ2v) is 7.37. The van der Waals surface area contributed by atoms with Gasteiger partial charge in [-0.05, 0) is 36.4 Å². The molecule has 1 aliphatic rings. The minimum absolute atomic E-state index is 0.0225. The van der Waals surface area contributed by atoms with Crippen molar-refractivity contribution in [3.63, 3.8) is 0 Å². The molecule has 0 bridgehead atoms. The van der Waals surface area contributed by atoms with Crippen molar-refractivity contribution >= 4 is 39.3 Å². The Labute approximate surface area is 159 Å². The molecular formula is C17H13ClN2O6S. The molecule has 0 spiro atoms. The maximum absolute atomic E-state index is 12.2. The monoisotopic (exact) mass is 408 g/mol. The molecule has 0 aromatic heterocycles. The van der Waals surface area contributed by atoms with E-state index in [9.17, 15) is 18.0 Å². The first-order chi connectivity index (χ1) is 12.8. The maximum atomic E-state index is 12.2. The van der Waals surface area contributed by atoms with E-state index in [1.807, 2.05) is 0 Å². The fourth-order valence-electron chi connectivity index (χ4n) is 2.24. The van der Waals surface area contributed by atoms with E-state index in [1.54, 1.807) is 30.3 Å². The number of carbonyl (C=O) groups is 2.